The summed E-state index contributed by atoms with van der Waals surface area (Å²) in [6.45, 7) is 1.18. The van der Waals surface area contributed by atoms with Crippen molar-refractivity contribution in [2.45, 2.75) is 31.4 Å². The van der Waals surface area contributed by atoms with Gasteiger partial charge in [-0.05, 0) is 18.6 Å². The maximum atomic E-state index is 13.1. The first kappa shape index (κ1) is 18.9. The van der Waals surface area contributed by atoms with E-state index in [-0.39, 0.29) is 13.0 Å². The third kappa shape index (κ3) is 4.42. The Balaban J connectivity index is 3.24. The molecule has 0 aliphatic carbocycles. The molecule has 0 atom stereocenters. The van der Waals surface area contributed by atoms with Crippen molar-refractivity contribution in [3.63, 3.8) is 0 Å². The van der Waals surface area contributed by atoms with Gasteiger partial charge in [-0.3, -0.25) is 5.32 Å². The van der Waals surface area contributed by atoms with E-state index in [4.69, 9.17) is 0 Å². The number of carbonyl (C=O) groups is 1. The van der Waals surface area contributed by atoms with Crippen LogP contribution in [0.5, 0.6) is 5.75 Å². The molecule has 23 heavy (non-hydrogen) atoms. The van der Waals surface area contributed by atoms with Gasteiger partial charge < -0.3 is 9.47 Å². The molecule has 0 aromatic heterocycles. The molecule has 0 heterocycles. The zero-order chi connectivity index (χ0) is 17.7. The molecule has 0 radical (unpaired) electrons. The largest absolute Gasteiger partial charge is 0.458 e. The highest BCUT2D eigenvalue weighted by molar-refractivity contribution is 5.68. The number of hydrogen-bond donors (Lipinski definition) is 1. The molecule has 10 heteroatoms. The molecule has 4 nitrogen and oxygen atoms in total. The average molecular weight is 345 g/mol. The van der Waals surface area contributed by atoms with Gasteiger partial charge in [0.05, 0.1) is 6.61 Å². The van der Waals surface area contributed by atoms with Crippen molar-refractivity contribution in [3.05, 3.63) is 30.3 Å². The van der Waals surface area contributed by atoms with Crippen LogP contribution in [-0.2, 0) is 4.74 Å². The van der Waals surface area contributed by atoms with Crippen molar-refractivity contribution in [1.82, 2.24) is 5.32 Å². The Labute approximate surface area is 127 Å². The molecule has 1 aromatic rings. The summed E-state index contributed by atoms with van der Waals surface area (Å²) in [4.78, 5) is 11.3. The fourth-order valence-corrected chi connectivity index (χ4v) is 1.48. The van der Waals surface area contributed by atoms with Crippen molar-refractivity contribution in [1.29, 1.82) is 0 Å². The van der Waals surface area contributed by atoms with Crippen LogP contribution in [0, 0.1) is 0 Å². The summed E-state index contributed by atoms with van der Waals surface area (Å²) in [6.07, 6.45) is -13.6. The molecule has 0 spiro atoms. The lowest BCUT2D eigenvalue weighted by atomic mass is 10.2. The molecule has 0 bridgehead atoms. The first-order valence-corrected chi connectivity index (χ1v) is 6.36. The van der Waals surface area contributed by atoms with Crippen LogP contribution in [0.3, 0.4) is 0 Å². The summed E-state index contributed by atoms with van der Waals surface area (Å²) < 4.78 is 87.1. The second-order valence-corrected chi connectivity index (χ2v) is 4.35. The molecule has 1 amide bonds. The average Bonchev–Trinajstić information content (AvgIpc) is 2.43. The van der Waals surface area contributed by atoms with Gasteiger partial charge in [0, 0.05) is 0 Å². The predicted octanol–water partition coefficient (Wildman–Crippen LogP) is 4.02. The third-order valence-electron chi connectivity index (χ3n) is 2.53. The second-order valence-electron chi connectivity index (χ2n) is 4.35. The van der Waals surface area contributed by atoms with E-state index in [2.05, 4.69) is 9.47 Å². The highest BCUT2D eigenvalue weighted by Crippen LogP contribution is 2.44. The minimum Gasteiger partial charge on any atom is -0.451 e. The minimum atomic E-state index is -5.98. The van der Waals surface area contributed by atoms with Crippen LogP contribution >= 0.6 is 0 Å². The zero-order valence-electron chi connectivity index (χ0n) is 11.8. The topological polar surface area (TPSA) is 47.6 Å². The van der Waals surface area contributed by atoms with Crippen LogP contribution in [0.15, 0.2) is 30.3 Å². The summed E-state index contributed by atoms with van der Waals surface area (Å²) in [6, 6.07) is 5.53. The molecule has 1 aromatic carbocycles. The van der Waals surface area contributed by atoms with Crippen molar-refractivity contribution in [3.8, 4) is 5.75 Å². The Morgan fingerprint density at radius 3 is 2.00 bits per heavy atom. The number of rotatable bonds is 5. The zero-order valence-corrected chi connectivity index (χ0v) is 11.8. The van der Waals surface area contributed by atoms with Crippen molar-refractivity contribution in [2.75, 3.05) is 6.61 Å². The second kappa shape index (κ2) is 6.97. The number of ether oxygens (including phenoxy) is 2. The summed E-state index contributed by atoms with van der Waals surface area (Å²) in [5, 5.41) is 0.760. The Kier molecular flexibility index (Phi) is 5.73. The standard InChI is InChI=1S/C13H13F6NO3/c1-2-8-22-10(21)20-11(12(14,15)16,13(17,18)19)23-9-6-4-3-5-7-9/h3-7H,2,8H2,1H3,(H,20,21). The molecule has 0 aliphatic heterocycles. The molecule has 0 fully saturated rings. The lowest BCUT2D eigenvalue weighted by molar-refractivity contribution is -0.365. The molecule has 0 saturated heterocycles. The number of alkyl carbamates (subject to hydrolysis) is 1. The van der Waals surface area contributed by atoms with Gasteiger partial charge in [-0.15, -0.1) is 0 Å². The van der Waals surface area contributed by atoms with Crippen molar-refractivity contribution in [2.24, 2.45) is 0 Å². The Morgan fingerprint density at radius 2 is 1.57 bits per heavy atom. The van der Waals surface area contributed by atoms with Gasteiger partial charge in [-0.25, -0.2) is 4.79 Å². The van der Waals surface area contributed by atoms with E-state index in [1.807, 2.05) is 0 Å². The molecular weight excluding hydrogens is 332 g/mol. The van der Waals surface area contributed by atoms with Gasteiger partial charge in [-0.1, -0.05) is 25.1 Å². The van der Waals surface area contributed by atoms with Crippen LogP contribution in [0.4, 0.5) is 31.1 Å². The van der Waals surface area contributed by atoms with Crippen LogP contribution in [0.2, 0.25) is 0 Å². The number of alkyl halides is 6. The van der Waals surface area contributed by atoms with E-state index >= 15 is 0 Å². The molecular formula is C13H13F6NO3. The molecule has 1 rings (SSSR count). The van der Waals surface area contributed by atoms with E-state index in [0.717, 1.165) is 17.4 Å². The van der Waals surface area contributed by atoms with Gasteiger partial charge >= 0.3 is 24.2 Å². The van der Waals surface area contributed by atoms with Gasteiger partial charge in [0.25, 0.3) is 0 Å². The highest BCUT2D eigenvalue weighted by atomic mass is 19.4. The quantitative estimate of drug-likeness (QED) is 0.648. The number of para-hydroxylation sites is 1. The molecule has 130 valence electrons. The number of nitrogens with one attached hydrogen (secondary N) is 1. The summed E-state index contributed by atoms with van der Waals surface area (Å²) in [5.74, 6) is -0.724. The number of hydrogen-bond acceptors (Lipinski definition) is 3. The van der Waals surface area contributed by atoms with E-state index in [0.29, 0.717) is 0 Å². The number of carbonyl (C=O) groups excluding carboxylic acids is 1. The van der Waals surface area contributed by atoms with Gasteiger partial charge in [0.1, 0.15) is 5.75 Å². The van der Waals surface area contributed by atoms with Gasteiger partial charge in [-0.2, -0.15) is 26.3 Å². The summed E-state index contributed by atoms with van der Waals surface area (Å²) in [7, 11) is 0. The first-order chi connectivity index (χ1) is 10.5. The van der Waals surface area contributed by atoms with Gasteiger partial charge in [0.2, 0.25) is 0 Å². The maximum absolute atomic E-state index is 13.1. The van der Waals surface area contributed by atoms with Crippen LogP contribution in [-0.4, -0.2) is 30.8 Å². The molecule has 0 aliphatic rings. The van der Waals surface area contributed by atoms with Gasteiger partial charge in [0.15, 0.2) is 0 Å². The molecule has 1 N–H and O–H groups in total. The fraction of sp³-hybridized carbons (Fsp3) is 0.462. The van der Waals surface area contributed by atoms with E-state index in [1.165, 1.54) is 25.1 Å². The highest BCUT2D eigenvalue weighted by Gasteiger charge is 2.75. The number of benzene rings is 1. The lowest BCUT2D eigenvalue weighted by Gasteiger charge is -2.37. The normalized spacial score (nSPS) is 12.7. The number of amides is 1. The summed E-state index contributed by atoms with van der Waals surface area (Å²) >= 11 is 0. The van der Waals surface area contributed by atoms with Crippen LogP contribution in [0.25, 0.3) is 0 Å². The monoisotopic (exact) mass is 345 g/mol. The van der Waals surface area contributed by atoms with E-state index < -0.39 is 29.9 Å². The number of halogens is 6. The van der Waals surface area contributed by atoms with E-state index in [9.17, 15) is 31.1 Å². The Morgan fingerprint density at radius 1 is 1.04 bits per heavy atom. The van der Waals surface area contributed by atoms with Crippen LogP contribution < -0.4 is 10.1 Å². The van der Waals surface area contributed by atoms with E-state index in [1.54, 1.807) is 0 Å². The van der Waals surface area contributed by atoms with Crippen molar-refractivity contribution < 1.29 is 40.6 Å². The molecule has 0 unspecified atom stereocenters. The fourth-order valence-electron chi connectivity index (χ4n) is 1.48. The SMILES string of the molecule is CCCOC(=O)NC(Oc1ccccc1)(C(F)(F)F)C(F)(F)F. The van der Waals surface area contributed by atoms with Crippen molar-refractivity contribution >= 4 is 6.09 Å². The Bertz CT molecular complexity index is 501. The van der Waals surface area contributed by atoms with Crippen LogP contribution in [0.1, 0.15) is 13.3 Å². The first-order valence-electron chi connectivity index (χ1n) is 6.36. The third-order valence-corrected chi connectivity index (χ3v) is 2.53. The molecule has 0 saturated carbocycles. The Hall–Kier alpha value is -2.13. The maximum Gasteiger partial charge on any atom is 0.458 e. The predicted molar refractivity (Wildman–Crippen MR) is 66.7 cm³/mol. The smallest absolute Gasteiger partial charge is 0.451 e. The summed E-state index contributed by atoms with van der Waals surface area (Å²) in [5.41, 5.74) is -4.92. The lowest BCUT2D eigenvalue weighted by Crippen LogP contribution is -2.71. The minimum absolute atomic E-state index is 0.220.